The van der Waals surface area contributed by atoms with Gasteiger partial charge in [0.1, 0.15) is 0 Å². The Morgan fingerprint density at radius 3 is 2.45 bits per heavy atom. The molecule has 1 amide bonds. The molecule has 2 aliphatic rings. The number of anilines is 1. The zero-order valence-electron chi connectivity index (χ0n) is 19.4. The highest BCUT2D eigenvalue weighted by Gasteiger charge is 2.31. The van der Waals surface area contributed by atoms with Crippen LogP contribution in [-0.2, 0) is 17.9 Å². The van der Waals surface area contributed by atoms with E-state index in [9.17, 15) is 9.90 Å². The second-order valence-electron chi connectivity index (χ2n) is 8.90. The lowest BCUT2D eigenvalue weighted by atomic mass is 10.1. The molecule has 176 valence electrons. The van der Waals surface area contributed by atoms with Gasteiger partial charge >= 0.3 is 0 Å². The van der Waals surface area contributed by atoms with Crippen molar-refractivity contribution in [3.63, 3.8) is 0 Å². The molecule has 0 spiro atoms. The lowest BCUT2D eigenvalue weighted by Crippen LogP contribution is -2.44. The van der Waals surface area contributed by atoms with Crippen LogP contribution in [0.1, 0.15) is 37.3 Å². The van der Waals surface area contributed by atoms with Gasteiger partial charge in [-0.3, -0.25) is 9.69 Å². The Kier molecular flexibility index (Phi) is 7.96. The van der Waals surface area contributed by atoms with Gasteiger partial charge in [-0.05, 0) is 43.0 Å². The fourth-order valence-electron chi connectivity index (χ4n) is 4.43. The number of aliphatic hydroxyl groups excluding tert-OH is 1. The Morgan fingerprint density at radius 2 is 1.76 bits per heavy atom. The van der Waals surface area contributed by atoms with Crippen LogP contribution in [0.15, 0.2) is 59.6 Å². The number of aliphatic hydroxyl groups is 1. The first-order chi connectivity index (χ1) is 16.1. The van der Waals surface area contributed by atoms with Crippen molar-refractivity contribution in [3.05, 3.63) is 65.7 Å². The standard InChI is InChI=1S/C26H35N5O2/c1-2-27-26(29-22-16-25(33)31(19-22)23-6-4-3-5-7-23)28-17-20-8-10-21(11-9-20)18-30-14-12-24(32)13-15-30/h3-11,22,24,32H,2,12-19H2,1H3,(H2,27,28,29). The van der Waals surface area contributed by atoms with Crippen LogP contribution < -0.4 is 15.5 Å². The largest absolute Gasteiger partial charge is 0.393 e. The molecule has 0 aromatic heterocycles. The molecule has 1 atom stereocenters. The fourth-order valence-corrected chi connectivity index (χ4v) is 4.43. The van der Waals surface area contributed by atoms with E-state index in [1.54, 1.807) is 0 Å². The van der Waals surface area contributed by atoms with Crippen LogP contribution in [0, 0.1) is 0 Å². The fraction of sp³-hybridized carbons (Fsp3) is 0.462. The first-order valence-electron chi connectivity index (χ1n) is 12.0. The molecule has 2 saturated heterocycles. The van der Waals surface area contributed by atoms with Crippen molar-refractivity contribution in [2.45, 2.75) is 51.4 Å². The maximum Gasteiger partial charge on any atom is 0.229 e. The molecule has 2 aromatic rings. The van der Waals surface area contributed by atoms with Gasteiger partial charge in [-0.1, -0.05) is 42.5 Å². The number of guanidine groups is 1. The van der Waals surface area contributed by atoms with Gasteiger partial charge in [-0.25, -0.2) is 4.99 Å². The molecule has 7 nitrogen and oxygen atoms in total. The Hall–Kier alpha value is -2.90. The van der Waals surface area contributed by atoms with E-state index in [-0.39, 0.29) is 18.1 Å². The van der Waals surface area contributed by atoms with Gasteiger partial charge in [-0.2, -0.15) is 0 Å². The number of piperidine rings is 1. The van der Waals surface area contributed by atoms with Gasteiger partial charge in [0, 0.05) is 44.8 Å². The minimum absolute atomic E-state index is 0.0287. The smallest absolute Gasteiger partial charge is 0.229 e. The van der Waals surface area contributed by atoms with Crippen molar-refractivity contribution in [2.75, 3.05) is 31.1 Å². The van der Waals surface area contributed by atoms with Crippen LogP contribution in [0.25, 0.3) is 0 Å². The van der Waals surface area contributed by atoms with Crippen molar-refractivity contribution in [1.82, 2.24) is 15.5 Å². The predicted molar refractivity (Wildman–Crippen MR) is 132 cm³/mol. The molecule has 33 heavy (non-hydrogen) atoms. The third-order valence-electron chi connectivity index (χ3n) is 6.28. The first-order valence-corrected chi connectivity index (χ1v) is 12.0. The molecule has 2 fully saturated rings. The molecule has 2 aromatic carbocycles. The minimum atomic E-state index is -0.134. The zero-order valence-corrected chi connectivity index (χ0v) is 19.4. The second kappa shape index (κ2) is 11.3. The number of para-hydroxylation sites is 1. The topological polar surface area (TPSA) is 80.2 Å². The molecule has 4 rings (SSSR count). The van der Waals surface area contributed by atoms with Crippen LogP contribution in [0.5, 0.6) is 0 Å². The molecular weight excluding hydrogens is 414 g/mol. The average molecular weight is 450 g/mol. The third-order valence-corrected chi connectivity index (χ3v) is 6.28. The summed E-state index contributed by atoms with van der Waals surface area (Å²) in [6.07, 6.45) is 2.05. The Labute approximate surface area is 196 Å². The highest BCUT2D eigenvalue weighted by molar-refractivity contribution is 5.97. The zero-order chi connectivity index (χ0) is 23.0. The molecule has 0 aliphatic carbocycles. The summed E-state index contributed by atoms with van der Waals surface area (Å²) in [5, 5.41) is 16.4. The SMILES string of the molecule is CCNC(=NCc1ccc(CN2CCC(O)CC2)cc1)NC1CC(=O)N(c2ccccc2)C1. The molecule has 3 N–H and O–H groups in total. The number of aliphatic imine (C=N–C) groups is 1. The van der Waals surface area contributed by atoms with E-state index in [0.717, 1.165) is 56.2 Å². The van der Waals surface area contributed by atoms with Gasteiger partial charge in [0.2, 0.25) is 5.91 Å². The van der Waals surface area contributed by atoms with Gasteiger partial charge in [0.05, 0.1) is 18.7 Å². The second-order valence-corrected chi connectivity index (χ2v) is 8.90. The molecule has 2 heterocycles. The Morgan fingerprint density at radius 1 is 1.06 bits per heavy atom. The monoisotopic (exact) mass is 449 g/mol. The first kappa shape index (κ1) is 23.3. The van der Waals surface area contributed by atoms with Crippen LogP contribution in [0.4, 0.5) is 5.69 Å². The molecule has 7 heteroatoms. The maximum atomic E-state index is 12.5. The molecular formula is C26H35N5O2. The predicted octanol–water partition coefficient (Wildman–Crippen LogP) is 2.50. The minimum Gasteiger partial charge on any atom is -0.393 e. The summed E-state index contributed by atoms with van der Waals surface area (Å²) in [4.78, 5) is 21.5. The average Bonchev–Trinajstić information content (AvgIpc) is 3.20. The number of amides is 1. The van der Waals surface area contributed by atoms with Crippen molar-refractivity contribution < 1.29 is 9.90 Å². The van der Waals surface area contributed by atoms with E-state index < -0.39 is 0 Å². The van der Waals surface area contributed by atoms with E-state index in [0.29, 0.717) is 19.5 Å². The van der Waals surface area contributed by atoms with Gasteiger partial charge in [0.15, 0.2) is 5.96 Å². The number of carbonyl (C=O) groups is 1. The molecule has 2 aliphatic heterocycles. The van der Waals surface area contributed by atoms with Crippen molar-refractivity contribution in [2.24, 2.45) is 4.99 Å². The van der Waals surface area contributed by atoms with Gasteiger partial charge in [-0.15, -0.1) is 0 Å². The van der Waals surface area contributed by atoms with Crippen LogP contribution in [0.2, 0.25) is 0 Å². The summed E-state index contributed by atoms with van der Waals surface area (Å²) in [6.45, 7) is 6.85. The molecule has 0 radical (unpaired) electrons. The normalized spacial score (nSPS) is 20.3. The lowest BCUT2D eigenvalue weighted by Gasteiger charge is -2.29. The number of rotatable bonds is 7. The third kappa shape index (κ3) is 6.55. The van der Waals surface area contributed by atoms with E-state index >= 15 is 0 Å². The lowest BCUT2D eigenvalue weighted by molar-refractivity contribution is -0.117. The van der Waals surface area contributed by atoms with E-state index in [1.165, 1.54) is 5.56 Å². The highest BCUT2D eigenvalue weighted by Crippen LogP contribution is 2.21. The summed E-state index contributed by atoms with van der Waals surface area (Å²) in [5.41, 5.74) is 3.38. The molecule has 1 unspecified atom stereocenters. The molecule has 0 saturated carbocycles. The van der Waals surface area contributed by atoms with E-state index in [2.05, 4.69) is 39.8 Å². The van der Waals surface area contributed by atoms with Crippen molar-refractivity contribution >= 4 is 17.6 Å². The quantitative estimate of drug-likeness (QED) is 0.447. The van der Waals surface area contributed by atoms with Gasteiger partial charge in [0.25, 0.3) is 0 Å². The van der Waals surface area contributed by atoms with Crippen LogP contribution >= 0.6 is 0 Å². The summed E-state index contributed by atoms with van der Waals surface area (Å²) >= 11 is 0. The number of carbonyl (C=O) groups excluding carboxylic acids is 1. The summed E-state index contributed by atoms with van der Waals surface area (Å²) in [7, 11) is 0. The summed E-state index contributed by atoms with van der Waals surface area (Å²) in [5.74, 6) is 0.870. The number of hydrogen-bond acceptors (Lipinski definition) is 4. The number of nitrogens with one attached hydrogen (secondary N) is 2. The number of hydrogen-bond donors (Lipinski definition) is 3. The van der Waals surface area contributed by atoms with Crippen molar-refractivity contribution in [3.8, 4) is 0 Å². The maximum absolute atomic E-state index is 12.5. The molecule has 0 bridgehead atoms. The summed E-state index contributed by atoms with van der Waals surface area (Å²) < 4.78 is 0. The van der Waals surface area contributed by atoms with Crippen LogP contribution in [-0.4, -0.2) is 60.2 Å². The van der Waals surface area contributed by atoms with Crippen LogP contribution in [0.3, 0.4) is 0 Å². The van der Waals surface area contributed by atoms with E-state index in [4.69, 9.17) is 4.99 Å². The van der Waals surface area contributed by atoms with Crippen molar-refractivity contribution in [1.29, 1.82) is 0 Å². The Balaban J connectivity index is 1.31. The Bertz CT molecular complexity index is 923. The number of likely N-dealkylation sites (tertiary alicyclic amines) is 1. The van der Waals surface area contributed by atoms with E-state index in [1.807, 2.05) is 42.2 Å². The number of benzene rings is 2. The number of nitrogens with zero attached hydrogens (tertiary/aromatic N) is 3. The van der Waals surface area contributed by atoms with Gasteiger partial charge < -0.3 is 20.6 Å². The highest BCUT2D eigenvalue weighted by atomic mass is 16.3. The summed E-state index contributed by atoms with van der Waals surface area (Å²) in [6, 6.07) is 18.5.